The van der Waals surface area contributed by atoms with Gasteiger partial charge in [0.25, 0.3) is 0 Å². The van der Waals surface area contributed by atoms with Gasteiger partial charge >= 0.3 is 0 Å². The standard InChI is InChI=1S/C20H26N2OS/c1-15(18-8-7-17-5-3-4-6-19(17)11-18)21-20(23)13-22(2)12-16-9-10-24-14-16/h7-11,14-15H,3-6,12-13H2,1-2H3,(H,21,23)/t15-/m0/s1. The van der Waals surface area contributed by atoms with Gasteiger partial charge in [-0.15, -0.1) is 0 Å². The first-order valence-electron chi connectivity index (χ1n) is 8.72. The first-order chi connectivity index (χ1) is 11.6. The predicted octanol–water partition coefficient (Wildman–Crippen LogP) is 3.94. The van der Waals surface area contributed by atoms with Crippen molar-refractivity contribution in [2.75, 3.05) is 13.6 Å². The van der Waals surface area contributed by atoms with E-state index in [1.807, 2.05) is 7.05 Å². The van der Waals surface area contributed by atoms with Crippen LogP contribution in [0.15, 0.2) is 35.0 Å². The summed E-state index contributed by atoms with van der Waals surface area (Å²) in [5, 5.41) is 7.34. The maximum atomic E-state index is 12.3. The molecule has 1 heterocycles. The number of carbonyl (C=O) groups is 1. The van der Waals surface area contributed by atoms with Crippen molar-refractivity contribution in [3.63, 3.8) is 0 Å². The largest absolute Gasteiger partial charge is 0.348 e. The Balaban J connectivity index is 1.54. The summed E-state index contributed by atoms with van der Waals surface area (Å²) in [6.45, 7) is 3.30. The first kappa shape index (κ1) is 17.2. The van der Waals surface area contributed by atoms with Crippen molar-refractivity contribution in [3.8, 4) is 0 Å². The Kier molecular flexibility index (Phi) is 5.69. The van der Waals surface area contributed by atoms with Crippen molar-refractivity contribution < 1.29 is 4.79 Å². The summed E-state index contributed by atoms with van der Waals surface area (Å²) < 4.78 is 0. The van der Waals surface area contributed by atoms with Crippen molar-refractivity contribution in [1.29, 1.82) is 0 Å². The van der Waals surface area contributed by atoms with Gasteiger partial charge in [0.2, 0.25) is 5.91 Å². The van der Waals surface area contributed by atoms with E-state index in [0.29, 0.717) is 6.54 Å². The van der Waals surface area contributed by atoms with E-state index in [9.17, 15) is 4.79 Å². The number of hydrogen-bond donors (Lipinski definition) is 1. The number of amides is 1. The van der Waals surface area contributed by atoms with Gasteiger partial charge < -0.3 is 5.32 Å². The minimum Gasteiger partial charge on any atom is -0.348 e. The van der Waals surface area contributed by atoms with Crippen molar-refractivity contribution in [3.05, 3.63) is 57.3 Å². The van der Waals surface area contributed by atoms with E-state index in [-0.39, 0.29) is 11.9 Å². The third-order valence-electron chi connectivity index (χ3n) is 4.70. The third kappa shape index (κ3) is 4.46. The van der Waals surface area contributed by atoms with Crippen LogP contribution in [-0.4, -0.2) is 24.4 Å². The van der Waals surface area contributed by atoms with Crippen molar-refractivity contribution in [2.45, 2.75) is 45.2 Å². The maximum Gasteiger partial charge on any atom is 0.234 e. The van der Waals surface area contributed by atoms with Gasteiger partial charge in [-0.2, -0.15) is 11.3 Å². The average Bonchev–Trinajstić information content (AvgIpc) is 3.06. The Morgan fingerprint density at radius 1 is 1.25 bits per heavy atom. The Bertz CT molecular complexity index is 681. The molecule has 0 saturated heterocycles. The highest BCUT2D eigenvalue weighted by atomic mass is 32.1. The quantitative estimate of drug-likeness (QED) is 0.862. The zero-order valence-corrected chi connectivity index (χ0v) is 15.4. The number of fused-ring (bicyclic) bond motifs is 1. The normalized spacial score (nSPS) is 15.1. The second-order valence-corrected chi connectivity index (χ2v) is 7.61. The van der Waals surface area contributed by atoms with Crippen LogP contribution in [0.2, 0.25) is 0 Å². The molecule has 0 fully saturated rings. The van der Waals surface area contributed by atoms with Crippen LogP contribution in [0.4, 0.5) is 0 Å². The molecule has 1 atom stereocenters. The van der Waals surface area contributed by atoms with Crippen LogP contribution in [0.5, 0.6) is 0 Å². The van der Waals surface area contributed by atoms with E-state index in [2.05, 4.69) is 52.2 Å². The van der Waals surface area contributed by atoms with Crippen LogP contribution in [0.3, 0.4) is 0 Å². The van der Waals surface area contributed by atoms with E-state index in [4.69, 9.17) is 0 Å². The Hall–Kier alpha value is -1.65. The summed E-state index contributed by atoms with van der Waals surface area (Å²) in [6.07, 6.45) is 4.95. The predicted molar refractivity (Wildman–Crippen MR) is 100 cm³/mol. The zero-order valence-electron chi connectivity index (χ0n) is 14.5. The average molecular weight is 343 g/mol. The molecule has 0 radical (unpaired) electrons. The minimum atomic E-state index is 0.0549. The van der Waals surface area contributed by atoms with Crippen LogP contribution in [-0.2, 0) is 24.2 Å². The molecule has 1 aliphatic rings. The Morgan fingerprint density at radius 2 is 2.04 bits per heavy atom. The fourth-order valence-electron chi connectivity index (χ4n) is 3.39. The zero-order chi connectivity index (χ0) is 16.9. The molecule has 0 saturated carbocycles. The van der Waals surface area contributed by atoms with Crippen LogP contribution in [0.1, 0.15) is 48.1 Å². The van der Waals surface area contributed by atoms with Crippen LogP contribution in [0.25, 0.3) is 0 Å². The van der Waals surface area contributed by atoms with Crippen LogP contribution >= 0.6 is 11.3 Å². The number of thiophene rings is 1. The molecule has 1 aromatic carbocycles. The highest BCUT2D eigenvalue weighted by Gasteiger charge is 2.15. The van der Waals surface area contributed by atoms with Crippen molar-refractivity contribution in [2.24, 2.45) is 0 Å². The third-order valence-corrected chi connectivity index (χ3v) is 5.43. The number of nitrogens with zero attached hydrogens (tertiary/aromatic N) is 1. The monoisotopic (exact) mass is 342 g/mol. The second kappa shape index (κ2) is 7.95. The molecular weight excluding hydrogens is 316 g/mol. The maximum absolute atomic E-state index is 12.3. The summed E-state index contributed by atoms with van der Waals surface area (Å²) in [6, 6.07) is 8.86. The molecule has 2 aromatic rings. The number of rotatable bonds is 6. The van der Waals surface area contributed by atoms with E-state index in [1.54, 1.807) is 11.3 Å². The van der Waals surface area contributed by atoms with Gasteiger partial charge in [0.15, 0.2) is 0 Å². The number of carbonyl (C=O) groups excluding carboxylic acids is 1. The van der Waals surface area contributed by atoms with Gasteiger partial charge in [-0.3, -0.25) is 9.69 Å². The van der Waals surface area contributed by atoms with Gasteiger partial charge in [0.1, 0.15) is 0 Å². The lowest BCUT2D eigenvalue weighted by atomic mass is 9.89. The molecule has 1 N–H and O–H groups in total. The number of hydrogen-bond acceptors (Lipinski definition) is 3. The molecule has 1 amide bonds. The Labute approximate surface area is 148 Å². The van der Waals surface area contributed by atoms with Gasteiger partial charge in [-0.25, -0.2) is 0 Å². The molecule has 1 aromatic heterocycles. The Morgan fingerprint density at radius 3 is 2.79 bits per heavy atom. The lowest BCUT2D eigenvalue weighted by molar-refractivity contribution is -0.122. The molecule has 0 aliphatic heterocycles. The molecule has 0 spiro atoms. The summed E-state index contributed by atoms with van der Waals surface area (Å²) in [4.78, 5) is 14.4. The molecule has 1 aliphatic carbocycles. The van der Waals surface area contributed by atoms with Crippen LogP contribution < -0.4 is 5.32 Å². The van der Waals surface area contributed by atoms with E-state index >= 15 is 0 Å². The topological polar surface area (TPSA) is 32.3 Å². The summed E-state index contributed by atoms with van der Waals surface area (Å²) in [5.41, 5.74) is 5.43. The highest BCUT2D eigenvalue weighted by molar-refractivity contribution is 7.07. The molecule has 4 heteroatoms. The molecule has 128 valence electrons. The summed E-state index contributed by atoms with van der Waals surface area (Å²) in [5.74, 6) is 0.0814. The molecule has 24 heavy (non-hydrogen) atoms. The number of likely N-dealkylation sites (N-methyl/N-ethyl adjacent to an activating group) is 1. The lowest BCUT2D eigenvalue weighted by Gasteiger charge is -2.21. The summed E-state index contributed by atoms with van der Waals surface area (Å²) >= 11 is 1.69. The molecule has 3 nitrogen and oxygen atoms in total. The molecular formula is C20H26N2OS. The van der Waals surface area contributed by atoms with E-state index < -0.39 is 0 Å². The SMILES string of the molecule is C[C@H](NC(=O)CN(C)Cc1ccsc1)c1ccc2c(c1)CCCC2. The fourth-order valence-corrected chi connectivity index (χ4v) is 4.05. The van der Waals surface area contributed by atoms with Crippen LogP contribution in [0, 0.1) is 0 Å². The molecule has 0 bridgehead atoms. The van der Waals surface area contributed by atoms with Crippen molar-refractivity contribution >= 4 is 17.2 Å². The van der Waals surface area contributed by atoms with Gasteiger partial charge in [-0.1, -0.05) is 18.2 Å². The lowest BCUT2D eigenvalue weighted by Crippen LogP contribution is -2.36. The van der Waals surface area contributed by atoms with Gasteiger partial charge in [0.05, 0.1) is 12.6 Å². The van der Waals surface area contributed by atoms with Gasteiger partial charge in [0, 0.05) is 6.54 Å². The summed E-state index contributed by atoms with van der Waals surface area (Å²) in [7, 11) is 1.99. The highest BCUT2D eigenvalue weighted by Crippen LogP contribution is 2.24. The number of aryl methyl sites for hydroxylation is 2. The smallest absolute Gasteiger partial charge is 0.234 e. The van der Waals surface area contributed by atoms with Crippen molar-refractivity contribution in [1.82, 2.24) is 10.2 Å². The van der Waals surface area contributed by atoms with Gasteiger partial charge in [-0.05, 0) is 78.7 Å². The molecule has 3 rings (SSSR count). The fraction of sp³-hybridized carbons (Fsp3) is 0.450. The second-order valence-electron chi connectivity index (χ2n) is 6.83. The number of benzene rings is 1. The molecule has 0 unspecified atom stereocenters. The minimum absolute atomic E-state index is 0.0549. The van der Waals surface area contributed by atoms with E-state index in [0.717, 1.165) is 6.54 Å². The number of nitrogens with one attached hydrogen (secondary N) is 1. The first-order valence-corrected chi connectivity index (χ1v) is 9.67. The van der Waals surface area contributed by atoms with E-state index in [1.165, 1.54) is 47.9 Å².